The van der Waals surface area contributed by atoms with Crippen molar-refractivity contribution in [1.82, 2.24) is 0 Å². The van der Waals surface area contributed by atoms with Gasteiger partial charge in [-0.2, -0.15) is 0 Å². The summed E-state index contributed by atoms with van der Waals surface area (Å²) in [5, 5.41) is 0. The number of ether oxygens (including phenoxy) is 1. The first-order chi connectivity index (χ1) is 14.0. The second-order valence-electron chi connectivity index (χ2n) is 7.60. The molecule has 0 aliphatic heterocycles. The van der Waals surface area contributed by atoms with Crippen LogP contribution in [0.2, 0.25) is 0 Å². The molecule has 0 unspecified atom stereocenters. The molecule has 0 fully saturated rings. The van der Waals surface area contributed by atoms with E-state index in [0.717, 1.165) is 6.42 Å². The van der Waals surface area contributed by atoms with Gasteiger partial charge in [-0.25, -0.2) is 8.42 Å². The van der Waals surface area contributed by atoms with E-state index in [0.29, 0.717) is 11.5 Å². The van der Waals surface area contributed by atoms with E-state index >= 15 is 0 Å². The van der Waals surface area contributed by atoms with Gasteiger partial charge in [0.15, 0.2) is 0 Å². The standard InChI is InChI=1S/C24H34O4S.K/c1-2-3-4-5-6-7-8-9-10-11-12-21-13-15-22(16-14-21)28-23-17-19-24(20-18-23)29(25,26)27;/h13-20H,2-12H2,1H3,(H,25,26,27);/q;+1/p-1. The molecule has 4 nitrogen and oxygen atoms in total. The summed E-state index contributed by atoms with van der Waals surface area (Å²) in [6.07, 6.45) is 14.5. The summed E-state index contributed by atoms with van der Waals surface area (Å²) < 4.78 is 38.6. The van der Waals surface area contributed by atoms with Crippen LogP contribution in [0.4, 0.5) is 0 Å². The summed E-state index contributed by atoms with van der Waals surface area (Å²) in [4.78, 5) is -0.253. The Labute approximate surface area is 225 Å². The van der Waals surface area contributed by atoms with E-state index in [9.17, 15) is 13.0 Å². The molecule has 0 radical (unpaired) electrons. The molecule has 0 spiro atoms. The summed E-state index contributed by atoms with van der Waals surface area (Å²) in [6, 6.07) is 13.5. The molecule has 0 saturated heterocycles. The van der Waals surface area contributed by atoms with E-state index in [2.05, 4.69) is 19.1 Å². The van der Waals surface area contributed by atoms with Crippen LogP contribution >= 0.6 is 0 Å². The van der Waals surface area contributed by atoms with Crippen molar-refractivity contribution >= 4 is 10.1 Å². The normalized spacial score (nSPS) is 11.1. The molecule has 160 valence electrons. The van der Waals surface area contributed by atoms with Crippen molar-refractivity contribution in [2.24, 2.45) is 0 Å². The molecule has 2 rings (SSSR count). The number of hydrogen-bond acceptors (Lipinski definition) is 4. The van der Waals surface area contributed by atoms with E-state index < -0.39 is 10.1 Å². The molecule has 0 amide bonds. The van der Waals surface area contributed by atoms with Crippen molar-refractivity contribution in [3.63, 3.8) is 0 Å². The van der Waals surface area contributed by atoms with Gasteiger partial charge in [0.05, 0.1) is 4.90 Å². The topological polar surface area (TPSA) is 66.4 Å². The first-order valence-corrected chi connectivity index (χ1v) is 12.2. The predicted octanol–water partition coefficient (Wildman–Crippen LogP) is 3.85. The SMILES string of the molecule is CCCCCCCCCCCCc1ccc(Oc2ccc(S(=O)(=O)[O-])cc2)cc1.[K+]. The molecule has 0 aliphatic rings. The van der Waals surface area contributed by atoms with Crippen LogP contribution in [0.5, 0.6) is 11.5 Å². The zero-order valence-electron chi connectivity index (χ0n) is 18.4. The molecule has 0 aromatic heterocycles. The van der Waals surface area contributed by atoms with Crippen molar-refractivity contribution in [1.29, 1.82) is 0 Å². The molecule has 0 saturated carbocycles. The maximum absolute atomic E-state index is 11.0. The number of benzene rings is 2. The Morgan fingerprint density at radius 1 is 0.700 bits per heavy atom. The molecule has 6 heteroatoms. The van der Waals surface area contributed by atoms with Gasteiger partial charge in [0.2, 0.25) is 0 Å². The summed E-state index contributed by atoms with van der Waals surface area (Å²) in [5.74, 6) is 1.19. The summed E-state index contributed by atoms with van der Waals surface area (Å²) in [7, 11) is -4.43. The third kappa shape index (κ3) is 11.4. The second kappa shape index (κ2) is 15.6. The first kappa shape index (κ1) is 27.8. The Hall–Kier alpha value is -0.214. The molecular formula is C24H33KO4S. The van der Waals surface area contributed by atoms with Crippen LogP contribution in [0.15, 0.2) is 53.4 Å². The van der Waals surface area contributed by atoms with Gasteiger partial charge in [0.1, 0.15) is 21.6 Å². The van der Waals surface area contributed by atoms with Crippen LogP contribution in [0, 0.1) is 0 Å². The van der Waals surface area contributed by atoms with E-state index in [4.69, 9.17) is 4.74 Å². The monoisotopic (exact) mass is 456 g/mol. The maximum atomic E-state index is 11.0. The van der Waals surface area contributed by atoms with Crippen molar-refractivity contribution in [2.75, 3.05) is 0 Å². The van der Waals surface area contributed by atoms with Crippen molar-refractivity contribution in [3.05, 3.63) is 54.1 Å². The van der Waals surface area contributed by atoms with Crippen LogP contribution in [-0.4, -0.2) is 13.0 Å². The molecule has 30 heavy (non-hydrogen) atoms. The Morgan fingerprint density at radius 3 is 1.60 bits per heavy atom. The maximum Gasteiger partial charge on any atom is 1.00 e. The van der Waals surface area contributed by atoms with Crippen LogP contribution < -0.4 is 56.1 Å². The fourth-order valence-corrected chi connectivity index (χ4v) is 3.82. The number of aryl methyl sites for hydroxylation is 1. The Kier molecular flexibility index (Phi) is 14.4. The number of hydrogen-bond donors (Lipinski definition) is 0. The van der Waals surface area contributed by atoms with Crippen LogP contribution in [0.25, 0.3) is 0 Å². The molecule has 2 aromatic carbocycles. The van der Waals surface area contributed by atoms with Gasteiger partial charge in [0, 0.05) is 0 Å². The fraction of sp³-hybridized carbons (Fsp3) is 0.500. The summed E-state index contributed by atoms with van der Waals surface area (Å²) in [5.41, 5.74) is 1.30. The van der Waals surface area contributed by atoms with Gasteiger partial charge >= 0.3 is 51.4 Å². The van der Waals surface area contributed by atoms with E-state index in [1.165, 1.54) is 94.0 Å². The fourth-order valence-electron chi connectivity index (χ4n) is 3.35. The van der Waals surface area contributed by atoms with Crippen LogP contribution in [0.1, 0.15) is 76.7 Å². The van der Waals surface area contributed by atoms with Gasteiger partial charge < -0.3 is 9.29 Å². The predicted molar refractivity (Wildman–Crippen MR) is 116 cm³/mol. The average Bonchev–Trinajstić information content (AvgIpc) is 2.70. The average molecular weight is 457 g/mol. The van der Waals surface area contributed by atoms with Gasteiger partial charge in [-0.05, 0) is 54.8 Å². The number of unbranched alkanes of at least 4 members (excludes halogenated alkanes) is 9. The minimum atomic E-state index is -4.43. The van der Waals surface area contributed by atoms with Crippen molar-refractivity contribution in [2.45, 2.75) is 82.4 Å². The zero-order chi connectivity index (χ0) is 21.0. The molecule has 0 N–H and O–H groups in total. The molecule has 2 aromatic rings. The second-order valence-corrected chi connectivity index (χ2v) is 8.98. The minimum Gasteiger partial charge on any atom is -0.744 e. The summed E-state index contributed by atoms with van der Waals surface area (Å²) >= 11 is 0. The third-order valence-electron chi connectivity index (χ3n) is 5.09. The van der Waals surface area contributed by atoms with Crippen LogP contribution in [0.3, 0.4) is 0 Å². The van der Waals surface area contributed by atoms with E-state index in [-0.39, 0.29) is 56.3 Å². The molecular weight excluding hydrogens is 423 g/mol. The first-order valence-electron chi connectivity index (χ1n) is 10.8. The third-order valence-corrected chi connectivity index (χ3v) is 5.94. The minimum absolute atomic E-state index is 0. The van der Waals surface area contributed by atoms with Crippen molar-refractivity contribution in [3.8, 4) is 11.5 Å². The molecule has 0 heterocycles. The Morgan fingerprint density at radius 2 is 1.13 bits per heavy atom. The van der Waals surface area contributed by atoms with Crippen molar-refractivity contribution < 1.29 is 69.1 Å². The van der Waals surface area contributed by atoms with Gasteiger partial charge in [-0.3, -0.25) is 0 Å². The van der Waals surface area contributed by atoms with E-state index in [1.54, 1.807) is 0 Å². The van der Waals surface area contributed by atoms with Crippen LogP contribution in [-0.2, 0) is 16.5 Å². The Balaban J connectivity index is 0.00000450. The largest absolute Gasteiger partial charge is 1.00 e. The van der Waals surface area contributed by atoms with Gasteiger partial charge in [-0.15, -0.1) is 0 Å². The molecule has 0 atom stereocenters. The quantitative estimate of drug-likeness (QED) is 0.246. The number of rotatable bonds is 14. The zero-order valence-corrected chi connectivity index (χ0v) is 22.4. The molecule has 0 bridgehead atoms. The van der Waals surface area contributed by atoms with Gasteiger partial charge in [0.25, 0.3) is 0 Å². The summed E-state index contributed by atoms with van der Waals surface area (Å²) in [6.45, 7) is 2.26. The van der Waals surface area contributed by atoms with E-state index in [1.807, 2.05) is 12.1 Å². The Bertz CT molecular complexity index is 802. The van der Waals surface area contributed by atoms with Gasteiger partial charge in [-0.1, -0.05) is 76.8 Å². The molecule has 0 aliphatic carbocycles. The smallest absolute Gasteiger partial charge is 0.744 e.